The number of aromatic nitrogens is 3. The molecule has 2 fully saturated rings. The molecular weight excluding hydrogens is 336 g/mol. The maximum absolute atomic E-state index is 12.6. The van der Waals surface area contributed by atoms with Gasteiger partial charge in [-0.15, -0.1) is 5.10 Å². The number of nitrogens with one attached hydrogen (secondary N) is 3. The third-order valence-electron chi connectivity index (χ3n) is 4.89. The third-order valence-corrected chi connectivity index (χ3v) is 4.89. The summed E-state index contributed by atoms with van der Waals surface area (Å²) in [5.41, 5.74) is -0.241. The van der Waals surface area contributed by atoms with Crippen LogP contribution in [0, 0.1) is 5.92 Å². The van der Waals surface area contributed by atoms with Crippen LogP contribution in [0.25, 0.3) is 5.69 Å². The van der Waals surface area contributed by atoms with Crippen molar-refractivity contribution in [3.8, 4) is 5.69 Å². The monoisotopic (exact) mass is 354 g/mol. The summed E-state index contributed by atoms with van der Waals surface area (Å²) in [6.07, 6.45) is 3.03. The van der Waals surface area contributed by atoms with Crippen molar-refractivity contribution in [3.05, 3.63) is 42.2 Å². The zero-order chi connectivity index (χ0) is 18.3. The fourth-order valence-corrected chi connectivity index (χ4v) is 3.40. The van der Waals surface area contributed by atoms with Gasteiger partial charge in [-0.1, -0.05) is 18.2 Å². The number of imide groups is 1. The largest absolute Gasteiger partial charge is 0.345 e. The van der Waals surface area contributed by atoms with Gasteiger partial charge in [-0.05, 0) is 37.8 Å². The molecule has 9 heteroatoms. The van der Waals surface area contributed by atoms with Gasteiger partial charge in [0.25, 0.3) is 11.8 Å². The normalized spacial score (nSPS) is 23.3. The van der Waals surface area contributed by atoms with Crippen molar-refractivity contribution >= 4 is 17.8 Å². The quantitative estimate of drug-likeness (QED) is 0.671. The van der Waals surface area contributed by atoms with Crippen LogP contribution in [0.3, 0.4) is 0 Å². The number of carbonyl (C=O) groups is 3. The maximum Gasteiger partial charge on any atom is 0.322 e. The predicted molar refractivity (Wildman–Crippen MR) is 90.4 cm³/mol. The molecule has 1 aliphatic carbocycles. The van der Waals surface area contributed by atoms with Crippen LogP contribution < -0.4 is 16.0 Å². The molecule has 2 atom stereocenters. The first-order valence-corrected chi connectivity index (χ1v) is 8.43. The highest BCUT2D eigenvalue weighted by Gasteiger charge is 2.59. The summed E-state index contributed by atoms with van der Waals surface area (Å²) in [6, 6.07) is 8.10. The number of rotatable bonds is 5. The summed E-state index contributed by atoms with van der Waals surface area (Å²) in [5.74, 6) is -0.830. The summed E-state index contributed by atoms with van der Waals surface area (Å²) < 4.78 is 0. The molecule has 1 aromatic carbocycles. The number of urea groups is 1. The van der Waals surface area contributed by atoms with Gasteiger partial charge < -0.3 is 10.6 Å². The number of carbonyl (C=O) groups excluding carboxylic acids is 3. The van der Waals surface area contributed by atoms with Crippen LogP contribution in [-0.4, -0.2) is 44.4 Å². The Morgan fingerprint density at radius 1 is 1.31 bits per heavy atom. The highest BCUT2D eigenvalue weighted by atomic mass is 16.2. The average molecular weight is 354 g/mol. The lowest BCUT2D eigenvalue weighted by atomic mass is 9.85. The molecule has 2 heterocycles. The molecule has 1 saturated heterocycles. The van der Waals surface area contributed by atoms with E-state index in [0.29, 0.717) is 0 Å². The van der Waals surface area contributed by atoms with Gasteiger partial charge >= 0.3 is 6.03 Å². The number of para-hydroxylation sites is 1. The topological polar surface area (TPSA) is 118 Å². The summed E-state index contributed by atoms with van der Waals surface area (Å²) in [7, 11) is 0. The molecular formula is C17H18N6O3. The number of amides is 4. The smallest absolute Gasteiger partial charge is 0.322 e. The average Bonchev–Trinajstić information content (AvgIpc) is 3.27. The zero-order valence-electron chi connectivity index (χ0n) is 14.1. The molecule has 1 aliphatic heterocycles. The number of hydrogen-bond donors (Lipinski definition) is 3. The molecule has 26 heavy (non-hydrogen) atoms. The minimum Gasteiger partial charge on any atom is -0.345 e. The van der Waals surface area contributed by atoms with Gasteiger partial charge in [0.05, 0.1) is 17.9 Å². The Bertz CT molecular complexity index is 876. The molecule has 1 aromatic heterocycles. The van der Waals surface area contributed by atoms with Gasteiger partial charge in [-0.25, -0.2) is 4.79 Å². The Balaban J connectivity index is 1.52. The van der Waals surface area contributed by atoms with Crippen molar-refractivity contribution in [1.82, 2.24) is 30.9 Å². The molecule has 4 rings (SSSR count). The van der Waals surface area contributed by atoms with Crippen molar-refractivity contribution in [2.24, 2.45) is 5.92 Å². The number of hydrogen-bond acceptors (Lipinski definition) is 5. The minimum atomic E-state index is -1.11. The van der Waals surface area contributed by atoms with Crippen LogP contribution in [0.1, 0.15) is 30.3 Å². The van der Waals surface area contributed by atoms with E-state index in [0.717, 1.165) is 18.5 Å². The molecule has 0 bridgehead atoms. The second-order valence-corrected chi connectivity index (χ2v) is 6.60. The first-order valence-electron chi connectivity index (χ1n) is 8.43. The molecule has 1 saturated carbocycles. The van der Waals surface area contributed by atoms with Gasteiger partial charge in [-0.3, -0.25) is 14.9 Å². The molecule has 2 aromatic rings. The van der Waals surface area contributed by atoms with Gasteiger partial charge in [0.15, 0.2) is 5.69 Å². The first kappa shape index (κ1) is 16.2. The van der Waals surface area contributed by atoms with Crippen molar-refractivity contribution < 1.29 is 14.4 Å². The van der Waals surface area contributed by atoms with E-state index in [1.807, 2.05) is 30.3 Å². The van der Waals surface area contributed by atoms with Crippen LogP contribution in [0.15, 0.2) is 36.5 Å². The lowest BCUT2D eigenvalue weighted by molar-refractivity contribution is -0.125. The molecule has 2 aliphatic rings. The highest BCUT2D eigenvalue weighted by Crippen LogP contribution is 2.43. The van der Waals surface area contributed by atoms with E-state index in [9.17, 15) is 14.4 Å². The van der Waals surface area contributed by atoms with E-state index in [-0.39, 0.29) is 11.6 Å². The summed E-state index contributed by atoms with van der Waals surface area (Å²) in [4.78, 5) is 37.9. The SMILES string of the molecule is C[C@H](NC(=O)c1cnn(-c2ccccc2)n1)C1(C2CC2)NC(=O)NC1=O. The second-order valence-electron chi connectivity index (χ2n) is 6.60. The highest BCUT2D eigenvalue weighted by molar-refractivity contribution is 6.08. The van der Waals surface area contributed by atoms with Crippen molar-refractivity contribution in [3.63, 3.8) is 0 Å². The number of nitrogens with zero attached hydrogens (tertiary/aromatic N) is 3. The van der Waals surface area contributed by atoms with Crippen LogP contribution in [-0.2, 0) is 4.79 Å². The Morgan fingerprint density at radius 2 is 2.04 bits per heavy atom. The van der Waals surface area contributed by atoms with Crippen LogP contribution in [0.2, 0.25) is 0 Å². The standard InChI is InChI=1S/C17H18N6O3/c1-10(17(11-7-8-11)15(25)20-16(26)21-17)19-14(24)13-9-18-23(22-13)12-5-3-2-4-6-12/h2-6,9-11H,7-8H2,1H3,(H,19,24)(H2,20,21,25,26)/t10-,17?/m0/s1. The Morgan fingerprint density at radius 3 is 2.65 bits per heavy atom. The molecule has 134 valence electrons. The van der Waals surface area contributed by atoms with E-state index in [2.05, 4.69) is 26.1 Å². The van der Waals surface area contributed by atoms with Crippen molar-refractivity contribution in [1.29, 1.82) is 0 Å². The third kappa shape index (κ3) is 2.61. The van der Waals surface area contributed by atoms with Gasteiger partial charge in [0.2, 0.25) is 0 Å². The Kier molecular flexibility index (Phi) is 3.71. The van der Waals surface area contributed by atoms with Crippen LogP contribution in [0.4, 0.5) is 4.79 Å². The van der Waals surface area contributed by atoms with Crippen LogP contribution in [0.5, 0.6) is 0 Å². The first-order chi connectivity index (χ1) is 12.5. The molecule has 9 nitrogen and oxygen atoms in total. The molecule has 3 N–H and O–H groups in total. The molecule has 0 spiro atoms. The number of benzene rings is 1. The van der Waals surface area contributed by atoms with E-state index < -0.39 is 29.4 Å². The van der Waals surface area contributed by atoms with Crippen LogP contribution >= 0.6 is 0 Å². The Hall–Kier alpha value is -3.23. The van der Waals surface area contributed by atoms with Gasteiger partial charge in [0.1, 0.15) is 5.54 Å². The minimum absolute atomic E-state index is 0.0178. The van der Waals surface area contributed by atoms with E-state index in [1.54, 1.807) is 6.92 Å². The van der Waals surface area contributed by atoms with Crippen molar-refractivity contribution in [2.45, 2.75) is 31.3 Å². The summed E-state index contributed by atoms with van der Waals surface area (Å²) in [6.45, 7) is 1.71. The second kappa shape index (κ2) is 5.94. The summed E-state index contributed by atoms with van der Waals surface area (Å²) in [5, 5.41) is 16.1. The fourth-order valence-electron chi connectivity index (χ4n) is 3.40. The molecule has 0 radical (unpaired) electrons. The van der Waals surface area contributed by atoms with E-state index in [1.165, 1.54) is 11.0 Å². The van der Waals surface area contributed by atoms with Crippen molar-refractivity contribution in [2.75, 3.05) is 0 Å². The Labute approximate surface area is 149 Å². The maximum atomic E-state index is 12.6. The molecule has 1 unspecified atom stereocenters. The fraction of sp³-hybridized carbons (Fsp3) is 0.353. The van der Waals surface area contributed by atoms with Gasteiger partial charge in [-0.2, -0.15) is 9.90 Å². The zero-order valence-corrected chi connectivity index (χ0v) is 14.1. The molecule has 4 amide bonds. The van der Waals surface area contributed by atoms with E-state index >= 15 is 0 Å². The predicted octanol–water partition coefficient (Wildman–Crippen LogP) is 0.374. The van der Waals surface area contributed by atoms with Gasteiger partial charge in [0, 0.05) is 0 Å². The summed E-state index contributed by atoms with van der Waals surface area (Å²) >= 11 is 0. The lowest BCUT2D eigenvalue weighted by Crippen LogP contribution is -2.62. The lowest BCUT2D eigenvalue weighted by Gasteiger charge is -2.32. The van der Waals surface area contributed by atoms with E-state index in [4.69, 9.17) is 0 Å².